The number of esters is 1. The summed E-state index contributed by atoms with van der Waals surface area (Å²) in [7, 11) is 3.77. The minimum atomic E-state index is -2.27. The number of fused-ring (bicyclic) bond motifs is 1. The smallest absolute Gasteiger partial charge is 0.334 e. The number of ether oxygens (including phenoxy) is 1. The van der Waals surface area contributed by atoms with Crippen molar-refractivity contribution in [2.45, 2.75) is 30.5 Å². The Morgan fingerprint density at radius 3 is 2.05 bits per heavy atom. The standard InChI is InChI=1S/C29H22BrClN2O6S/c1-16(2)22(29(37)39-24(17-10-5-3-6-11-17)18-12-7-4-8-13-18)33-27(36)23(28(33)40(31)38)32-25(34)19-14-9-15-20(30)21(19)26(32)35/h3-15,22-24,28H,1H2,2H3. The second-order valence-corrected chi connectivity index (χ2v) is 12.1. The number of hydrogen-bond acceptors (Lipinski definition) is 6. The van der Waals surface area contributed by atoms with Crippen molar-refractivity contribution < 1.29 is 28.5 Å². The van der Waals surface area contributed by atoms with Crippen molar-refractivity contribution in [3.63, 3.8) is 0 Å². The van der Waals surface area contributed by atoms with Crippen molar-refractivity contribution in [3.8, 4) is 0 Å². The monoisotopic (exact) mass is 640 g/mol. The molecule has 1 saturated heterocycles. The van der Waals surface area contributed by atoms with Gasteiger partial charge in [0, 0.05) is 4.47 Å². The molecule has 1 fully saturated rings. The highest BCUT2D eigenvalue weighted by atomic mass is 79.9. The van der Waals surface area contributed by atoms with Gasteiger partial charge in [-0.3, -0.25) is 24.2 Å². The maximum absolute atomic E-state index is 13.7. The first-order chi connectivity index (χ1) is 19.1. The number of carbonyl (C=O) groups is 4. The minimum Gasteiger partial charge on any atom is -0.597 e. The zero-order chi connectivity index (χ0) is 28.7. The van der Waals surface area contributed by atoms with Crippen LogP contribution in [0, 0.1) is 0 Å². The molecule has 3 aromatic carbocycles. The highest BCUT2D eigenvalue weighted by Gasteiger charge is 2.65. The van der Waals surface area contributed by atoms with Crippen LogP contribution in [-0.2, 0) is 24.7 Å². The molecule has 2 heterocycles. The summed E-state index contributed by atoms with van der Waals surface area (Å²) >= 11 is 3.27. The van der Waals surface area contributed by atoms with Gasteiger partial charge in [0.2, 0.25) is 5.37 Å². The molecule has 0 radical (unpaired) electrons. The zero-order valence-electron chi connectivity index (χ0n) is 21.0. The summed E-state index contributed by atoms with van der Waals surface area (Å²) in [6.07, 6.45) is -0.808. The third-order valence-corrected chi connectivity index (χ3v) is 8.90. The molecule has 3 amide bonds. The largest absolute Gasteiger partial charge is 0.597 e. The second kappa shape index (κ2) is 11.2. The van der Waals surface area contributed by atoms with Crippen LogP contribution in [0.15, 0.2) is 95.5 Å². The van der Waals surface area contributed by atoms with Crippen molar-refractivity contribution in [3.05, 3.63) is 118 Å². The number of imide groups is 1. The quantitative estimate of drug-likeness (QED) is 0.115. The molecule has 0 N–H and O–H groups in total. The van der Waals surface area contributed by atoms with Gasteiger partial charge in [-0.15, -0.1) is 0 Å². The predicted molar refractivity (Wildman–Crippen MR) is 152 cm³/mol. The number of β-lactam (4-membered cyclic amide) rings is 1. The molecule has 40 heavy (non-hydrogen) atoms. The fourth-order valence-electron chi connectivity index (χ4n) is 5.00. The number of carbonyl (C=O) groups excluding carboxylic acids is 4. The molecule has 5 rings (SSSR count). The fraction of sp³-hybridized carbons (Fsp3) is 0.172. The number of benzene rings is 3. The highest BCUT2D eigenvalue weighted by molar-refractivity contribution is 9.10. The topological polar surface area (TPSA) is 107 Å². The van der Waals surface area contributed by atoms with Crippen LogP contribution in [-0.4, -0.2) is 55.5 Å². The number of likely N-dealkylation sites (tertiary alicyclic amines) is 1. The molecular formula is C29H22BrClN2O6S. The van der Waals surface area contributed by atoms with Crippen LogP contribution in [0.3, 0.4) is 0 Å². The number of hydrogen-bond donors (Lipinski definition) is 0. The van der Waals surface area contributed by atoms with Crippen molar-refractivity contribution in [1.82, 2.24) is 9.80 Å². The highest BCUT2D eigenvalue weighted by Crippen LogP contribution is 2.40. The summed E-state index contributed by atoms with van der Waals surface area (Å²) in [5, 5.41) is -1.36. The van der Waals surface area contributed by atoms with Gasteiger partial charge in [-0.05, 0) is 51.7 Å². The third kappa shape index (κ3) is 4.75. The summed E-state index contributed by atoms with van der Waals surface area (Å²) < 4.78 is 19.1. The predicted octanol–water partition coefficient (Wildman–Crippen LogP) is 4.76. The second-order valence-electron chi connectivity index (χ2n) is 9.36. The van der Waals surface area contributed by atoms with E-state index in [1.54, 1.807) is 12.1 Å². The normalized spacial score (nSPS) is 19.8. The van der Waals surface area contributed by atoms with E-state index in [1.807, 2.05) is 60.7 Å². The van der Waals surface area contributed by atoms with E-state index < -0.39 is 57.6 Å². The molecular weight excluding hydrogens is 620 g/mol. The van der Waals surface area contributed by atoms with E-state index in [9.17, 15) is 23.7 Å². The van der Waals surface area contributed by atoms with Gasteiger partial charge < -0.3 is 9.29 Å². The molecule has 0 aromatic heterocycles. The van der Waals surface area contributed by atoms with Crippen LogP contribution >= 0.6 is 26.6 Å². The number of halogens is 2. The number of nitrogens with zero attached hydrogens (tertiary/aromatic N) is 2. The number of rotatable bonds is 8. The molecule has 11 heteroatoms. The maximum Gasteiger partial charge on any atom is 0.334 e. The van der Waals surface area contributed by atoms with Crippen molar-refractivity contribution in [1.29, 1.82) is 0 Å². The first kappa shape index (κ1) is 28.1. The Bertz CT molecular complexity index is 1480. The van der Waals surface area contributed by atoms with E-state index in [4.69, 9.17) is 15.4 Å². The average Bonchev–Trinajstić information content (AvgIpc) is 3.19. The fourth-order valence-corrected chi connectivity index (χ4v) is 6.94. The molecule has 0 bridgehead atoms. The Balaban J connectivity index is 1.46. The molecule has 2 aliphatic rings. The minimum absolute atomic E-state index is 0.0993. The summed E-state index contributed by atoms with van der Waals surface area (Å²) in [5.74, 6) is -3.03. The van der Waals surface area contributed by atoms with Crippen LogP contribution in [0.2, 0.25) is 0 Å². The van der Waals surface area contributed by atoms with Crippen LogP contribution in [0.25, 0.3) is 0 Å². The van der Waals surface area contributed by atoms with Crippen molar-refractivity contribution in [2.75, 3.05) is 0 Å². The van der Waals surface area contributed by atoms with Gasteiger partial charge in [-0.1, -0.05) is 73.3 Å². The molecule has 0 saturated carbocycles. The Morgan fingerprint density at radius 1 is 0.975 bits per heavy atom. The van der Waals surface area contributed by atoms with Crippen molar-refractivity contribution >= 4 is 60.7 Å². The maximum atomic E-state index is 13.7. The van der Waals surface area contributed by atoms with E-state index in [-0.39, 0.29) is 16.7 Å². The van der Waals surface area contributed by atoms with E-state index in [1.165, 1.54) is 13.0 Å². The Labute approximate surface area is 246 Å². The molecule has 3 aromatic rings. The Kier molecular flexibility index (Phi) is 7.87. The van der Waals surface area contributed by atoms with Gasteiger partial charge in [0.05, 0.1) is 21.5 Å². The molecule has 0 spiro atoms. The molecule has 4 unspecified atom stereocenters. The van der Waals surface area contributed by atoms with E-state index >= 15 is 0 Å². The van der Waals surface area contributed by atoms with Crippen LogP contribution in [0.1, 0.15) is 44.9 Å². The molecule has 8 nitrogen and oxygen atoms in total. The van der Waals surface area contributed by atoms with Crippen molar-refractivity contribution in [2.24, 2.45) is 0 Å². The summed E-state index contributed by atoms with van der Waals surface area (Å²) in [6, 6.07) is 20.0. The van der Waals surface area contributed by atoms with Crippen LogP contribution in [0.5, 0.6) is 0 Å². The average molecular weight is 642 g/mol. The Morgan fingerprint density at radius 2 is 1.55 bits per heavy atom. The first-order valence-corrected chi connectivity index (χ1v) is 15.0. The van der Waals surface area contributed by atoms with Gasteiger partial charge in [-0.25, -0.2) is 4.79 Å². The van der Waals surface area contributed by atoms with E-state index in [0.717, 1.165) is 9.80 Å². The van der Waals surface area contributed by atoms with Crippen LogP contribution in [0.4, 0.5) is 0 Å². The van der Waals surface area contributed by atoms with Crippen LogP contribution < -0.4 is 0 Å². The molecule has 204 valence electrons. The molecule has 0 aliphatic carbocycles. The third-order valence-electron chi connectivity index (χ3n) is 6.82. The summed E-state index contributed by atoms with van der Waals surface area (Å²) in [6.45, 7) is 5.39. The lowest BCUT2D eigenvalue weighted by atomic mass is 9.97. The van der Waals surface area contributed by atoms with Gasteiger partial charge in [0.15, 0.2) is 28.9 Å². The lowest BCUT2D eigenvalue weighted by Gasteiger charge is -2.49. The van der Waals surface area contributed by atoms with E-state index in [0.29, 0.717) is 15.6 Å². The number of amides is 3. The SMILES string of the molecule is C=C(C)C(C(=O)OC(c1ccccc1)c1ccccc1)N1C(=O)C(N2C(=O)c3cccc(Br)c3C2=O)C1[S+]([O-])Cl. The molecule has 4 atom stereocenters. The lowest BCUT2D eigenvalue weighted by molar-refractivity contribution is -0.166. The lowest BCUT2D eigenvalue weighted by Crippen LogP contribution is -2.76. The van der Waals surface area contributed by atoms with Gasteiger partial charge in [0.1, 0.15) is 0 Å². The summed E-state index contributed by atoms with van der Waals surface area (Å²) in [4.78, 5) is 55.4. The first-order valence-electron chi connectivity index (χ1n) is 12.1. The van der Waals surface area contributed by atoms with Gasteiger partial charge in [-0.2, -0.15) is 0 Å². The van der Waals surface area contributed by atoms with Gasteiger partial charge >= 0.3 is 5.97 Å². The molecule has 2 aliphatic heterocycles. The Hall–Kier alpha value is -3.44. The van der Waals surface area contributed by atoms with E-state index in [2.05, 4.69) is 22.5 Å². The van der Waals surface area contributed by atoms with Gasteiger partial charge in [0.25, 0.3) is 17.7 Å². The summed E-state index contributed by atoms with van der Waals surface area (Å²) in [5.41, 5.74) is 1.83. The zero-order valence-corrected chi connectivity index (χ0v) is 24.2.